The van der Waals surface area contributed by atoms with Gasteiger partial charge in [0, 0.05) is 33.6 Å². The van der Waals surface area contributed by atoms with Crippen molar-refractivity contribution in [2.45, 2.75) is 31.7 Å². The Hall–Kier alpha value is -2.12. The van der Waals surface area contributed by atoms with Crippen molar-refractivity contribution in [2.75, 3.05) is 11.1 Å². The van der Waals surface area contributed by atoms with E-state index in [4.69, 9.17) is 22.3 Å². The zero-order valence-electron chi connectivity index (χ0n) is 15.3. The van der Waals surface area contributed by atoms with Crippen LogP contribution < -0.4 is 11.1 Å². The number of rotatable bonds is 3. The molecule has 0 unspecified atom stereocenters. The maximum absolute atomic E-state index is 14.9. The van der Waals surface area contributed by atoms with Crippen molar-refractivity contribution in [3.8, 4) is 0 Å². The highest BCUT2D eigenvalue weighted by Crippen LogP contribution is 2.59. The molecular formula is C20H20ClFN4OS. The van der Waals surface area contributed by atoms with E-state index in [2.05, 4.69) is 17.2 Å². The number of hydrogen-bond acceptors (Lipinski definition) is 5. The second kappa shape index (κ2) is 7.04. The molecular weight excluding hydrogens is 399 g/mol. The van der Waals surface area contributed by atoms with Crippen molar-refractivity contribution in [1.82, 2.24) is 4.98 Å². The molecule has 0 radical (unpaired) electrons. The van der Waals surface area contributed by atoms with E-state index in [9.17, 15) is 9.18 Å². The van der Waals surface area contributed by atoms with Crippen molar-refractivity contribution in [3.05, 3.63) is 58.6 Å². The molecule has 1 amide bonds. The zero-order chi connectivity index (χ0) is 19.9. The number of aliphatic imine (C=N–C) groups is 1. The Morgan fingerprint density at radius 1 is 1.32 bits per heavy atom. The van der Waals surface area contributed by atoms with Crippen molar-refractivity contribution in [2.24, 2.45) is 16.1 Å². The molecule has 0 spiro atoms. The van der Waals surface area contributed by atoms with Gasteiger partial charge in [0.05, 0.1) is 5.54 Å². The van der Waals surface area contributed by atoms with Crippen LogP contribution in [0.3, 0.4) is 0 Å². The predicted octanol–water partition coefficient (Wildman–Crippen LogP) is 4.57. The molecule has 8 heteroatoms. The SMILES string of the molecule is C[C@@]12CCC[C@]1(c1cc(NC(=O)c3cc(Cl)ccn3)ccc1F)N=C(N)SC2. The molecule has 0 bridgehead atoms. The fourth-order valence-electron chi connectivity index (χ4n) is 4.24. The standard InChI is InChI=1S/C20H20ClFN4OS/c1-19-6-2-7-20(19,26-18(23)28-11-19)14-10-13(3-4-15(14)22)25-17(27)16-9-12(21)5-8-24-16/h3-5,8-10H,2,6-7,11H2,1H3,(H2,23,26)(H,25,27)/t19-,20+/m0/s1. The first-order chi connectivity index (χ1) is 13.3. The Kier molecular flexibility index (Phi) is 4.83. The molecule has 28 heavy (non-hydrogen) atoms. The van der Waals surface area contributed by atoms with Gasteiger partial charge in [-0.25, -0.2) is 4.39 Å². The van der Waals surface area contributed by atoms with E-state index in [1.54, 1.807) is 12.1 Å². The summed E-state index contributed by atoms with van der Waals surface area (Å²) in [6.07, 6.45) is 4.11. The van der Waals surface area contributed by atoms with Crippen LogP contribution in [0.15, 0.2) is 41.5 Å². The van der Waals surface area contributed by atoms with Crippen molar-refractivity contribution < 1.29 is 9.18 Å². The Labute approximate surface area is 172 Å². The number of pyridine rings is 1. The summed E-state index contributed by atoms with van der Waals surface area (Å²) >= 11 is 7.45. The van der Waals surface area contributed by atoms with E-state index in [0.717, 1.165) is 25.0 Å². The van der Waals surface area contributed by atoms with Gasteiger partial charge in [-0.1, -0.05) is 30.3 Å². The molecule has 1 saturated carbocycles. The number of amides is 1. The molecule has 1 fully saturated rings. The molecule has 4 rings (SSSR count). The van der Waals surface area contributed by atoms with Crippen LogP contribution >= 0.6 is 23.4 Å². The lowest BCUT2D eigenvalue weighted by Crippen LogP contribution is -2.45. The third-order valence-corrected chi connectivity index (χ3v) is 7.13. The number of benzene rings is 1. The normalized spacial score (nSPS) is 26.5. The highest BCUT2D eigenvalue weighted by Gasteiger charge is 2.56. The number of hydrogen-bond donors (Lipinski definition) is 2. The van der Waals surface area contributed by atoms with Crippen molar-refractivity contribution in [1.29, 1.82) is 0 Å². The summed E-state index contributed by atoms with van der Waals surface area (Å²) in [7, 11) is 0. The fourth-order valence-corrected chi connectivity index (χ4v) is 5.47. The molecule has 2 aromatic rings. The number of anilines is 1. The molecule has 3 N–H and O–H groups in total. The molecule has 2 aliphatic rings. The molecule has 2 heterocycles. The second-order valence-electron chi connectivity index (χ2n) is 7.52. The van der Waals surface area contributed by atoms with Gasteiger partial charge in [0.1, 0.15) is 11.5 Å². The molecule has 5 nitrogen and oxygen atoms in total. The van der Waals surface area contributed by atoms with Crippen LogP contribution in [0, 0.1) is 11.2 Å². The quantitative estimate of drug-likeness (QED) is 0.764. The summed E-state index contributed by atoms with van der Waals surface area (Å²) < 4.78 is 14.9. The molecule has 0 saturated heterocycles. The number of carbonyl (C=O) groups excluding carboxylic acids is 1. The summed E-state index contributed by atoms with van der Waals surface area (Å²) in [5, 5.41) is 3.68. The van der Waals surface area contributed by atoms with Crippen LogP contribution in [-0.2, 0) is 5.54 Å². The summed E-state index contributed by atoms with van der Waals surface area (Å²) in [6, 6.07) is 7.66. The number of thioether (sulfide) groups is 1. The molecule has 1 aromatic carbocycles. The van der Waals surface area contributed by atoms with Gasteiger partial charge in [0.2, 0.25) is 0 Å². The fraction of sp³-hybridized carbons (Fsp3) is 0.350. The minimum Gasteiger partial charge on any atom is -0.379 e. The lowest BCUT2D eigenvalue weighted by Gasteiger charge is -2.44. The summed E-state index contributed by atoms with van der Waals surface area (Å²) in [5.41, 5.74) is 6.30. The lowest BCUT2D eigenvalue weighted by atomic mass is 9.70. The smallest absolute Gasteiger partial charge is 0.274 e. The first-order valence-electron chi connectivity index (χ1n) is 9.04. The highest BCUT2D eigenvalue weighted by molar-refractivity contribution is 8.13. The van der Waals surface area contributed by atoms with Gasteiger partial charge in [-0.15, -0.1) is 0 Å². The third-order valence-electron chi connectivity index (χ3n) is 5.73. The van der Waals surface area contributed by atoms with Crippen molar-refractivity contribution in [3.63, 3.8) is 0 Å². The van der Waals surface area contributed by atoms with Gasteiger partial charge in [0.25, 0.3) is 5.91 Å². The lowest BCUT2D eigenvalue weighted by molar-refractivity contribution is 0.102. The number of nitrogens with zero attached hydrogens (tertiary/aromatic N) is 2. The largest absolute Gasteiger partial charge is 0.379 e. The highest BCUT2D eigenvalue weighted by atomic mass is 35.5. The minimum absolute atomic E-state index is 0.182. The number of aromatic nitrogens is 1. The first kappa shape index (κ1) is 19.2. The van der Waals surface area contributed by atoms with Crippen LogP contribution in [0.25, 0.3) is 0 Å². The molecule has 1 aliphatic carbocycles. The molecule has 146 valence electrons. The topological polar surface area (TPSA) is 80.4 Å². The summed E-state index contributed by atoms with van der Waals surface area (Å²) in [5.74, 6) is 0.0505. The van der Waals surface area contributed by atoms with E-state index >= 15 is 0 Å². The van der Waals surface area contributed by atoms with Crippen molar-refractivity contribution >= 4 is 40.1 Å². The maximum Gasteiger partial charge on any atom is 0.274 e. The predicted molar refractivity (Wildman–Crippen MR) is 111 cm³/mol. The van der Waals surface area contributed by atoms with Crippen LogP contribution in [-0.4, -0.2) is 21.8 Å². The van der Waals surface area contributed by atoms with E-state index in [1.165, 1.54) is 36.2 Å². The zero-order valence-corrected chi connectivity index (χ0v) is 16.9. The van der Waals surface area contributed by atoms with Gasteiger partial charge in [0.15, 0.2) is 5.17 Å². The van der Waals surface area contributed by atoms with Crippen LogP contribution in [0.2, 0.25) is 5.02 Å². The molecule has 1 aromatic heterocycles. The van der Waals surface area contributed by atoms with E-state index in [1.807, 2.05) is 0 Å². The number of amidine groups is 1. The Bertz CT molecular complexity index is 984. The maximum atomic E-state index is 14.9. The van der Waals surface area contributed by atoms with Gasteiger partial charge >= 0.3 is 0 Å². The third kappa shape index (κ3) is 3.16. The van der Waals surface area contributed by atoms with E-state index in [-0.39, 0.29) is 16.9 Å². The number of halogens is 2. The number of nitrogens with two attached hydrogens (primary N) is 1. The average Bonchev–Trinajstić information content (AvgIpc) is 3.00. The Morgan fingerprint density at radius 2 is 2.14 bits per heavy atom. The molecule has 2 atom stereocenters. The number of carbonyl (C=O) groups is 1. The van der Waals surface area contributed by atoms with E-state index in [0.29, 0.717) is 21.4 Å². The Morgan fingerprint density at radius 3 is 2.93 bits per heavy atom. The van der Waals surface area contributed by atoms with Gasteiger partial charge in [-0.3, -0.25) is 14.8 Å². The first-order valence-corrected chi connectivity index (χ1v) is 10.4. The number of fused-ring (bicyclic) bond motifs is 1. The summed E-state index contributed by atoms with van der Waals surface area (Å²) in [4.78, 5) is 21.3. The summed E-state index contributed by atoms with van der Waals surface area (Å²) in [6.45, 7) is 2.14. The van der Waals surface area contributed by atoms with Gasteiger partial charge < -0.3 is 11.1 Å². The second-order valence-corrected chi connectivity index (χ2v) is 8.95. The average molecular weight is 419 g/mol. The van der Waals surface area contributed by atoms with Crippen LogP contribution in [0.5, 0.6) is 0 Å². The van der Waals surface area contributed by atoms with E-state index < -0.39 is 11.4 Å². The van der Waals surface area contributed by atoms with Crippen LogP contribution in [0.4, 0.5) is 10.1 Å². The number of nitrogens with one attached hydrogen (secondary N) is 1. The monoisotopic (exact) mass is 418 g/mol. The van der Waals surface area contributed by atoms with Gasteiger partial charge in [-0.05, 0) is 49.6 Å². The van der Waals surface area contributed by atoms with Gasteiger partial charge in [-0.2, -0.15) is 0 Å². The Balaban J connectivity index is 1.72. The minimum atomic E-state index is -0.707. The molecule has 1 aliphatic heterocycles. The van der Waals surface area contributed by atoms with Crippen LogP contribution in [0.1, 0.15) is 42.2 Å².